The van der Waals surface area contributed by atoms with E-state index < -0.39 is 22.8 Å². The number of rotatable bonds is 6. The van der Waals surface area contributed by atoms with Crippen LogP contribution in [-0.4, -0.2) is 29.4 Å². The molecule has 0 aliphatic carbocycles. The minimum Gasteiger partial charge on any atom is -0.493 e. The van der Waals surface area contributed by atoms with Crippen LogP contribution in [0.3, 0.4) is 0 Å². The number of barbiturate groups is 1. The van der Waals surface area contributed by atoms with Crippen LogP contribution in [0, 0.1) is 10.1 Å². The van der Waals surface area contributed by atoms with E-state index in [1.165, 1.54) is 30.3 Å². The Bertz CT molecular complexity index is 1310. The highest BCUT2D eigenvalue weighted by atomic mass is 16.6. The van der Waals surface area contributed by atoms with Crippen LogP contribution in [0.2, 0.25) is 0 Å². The zero-order valence-electron chi connectivity index (χ0n) is 17.6. The molecule has 1 fully saturated rings. The first kappa shape index (κ1) is 21.7. The number of nitro benzene ring substituents is 1. The second-order valence-electron chi connectivity index (χ2n) is 7.28. The highest BCUT2D eigenvalue weighted by Gasteiger charge is 2.37. The van der Waals surface area contributed by atoms with Gasteiger partial charge in [-0.25, -0.2) is 9.69 Å². The van der Waals surface area contributed by atoms with Crippen molar-refractivity contribution >= 4 is 46.1 Å². The lowest BCUT2D eigenvalue weighted by Gasteiger charge is -2.26. The third-order valence-corrected chi connectivity index (χ3v) is 5.10. The first-order valence-electron chi connectivity index (χ1n) is 10.2. The molecule has 1 aliphatic rings. The van der Waals surface area contributed by atoms with E-state index in [4.69, 9.17) is 4.74 Å². The van der Waals surface area contributed by atoms with Crippen molar-refractivity contribution in [3.8, 4) is 5.75 Å². The number of anilines is 1. The van der Waals surface area contributed by atoms with E-state index in [1.807, 2.05) is 37.3 Å². The maximum absolute atomic E-state index is 13.2. The number of fused-ring (bicyclic) bond motifs is 1. The summed E-state index contributed by atoms with van der Waals surface area (Å²) in [6.07, 6.45) is 2.18. The summed E-state index contributed by atoms with van der Waals surface area (Å²) in [5.41, 5.74) is 0.189. The normalized spacial score (nSPS) is 15.1. The van der Waals surface area contributed by atoms with Gasteiger partial charge in [-0.05, 0) is 41.5 Å². The molecule has 4 rings (SSSR count). The highest BCUT2D eigenvalue weighted by Crippen LogP contribution is 2.32. The van der Waals surface area contributed by atoms with Crippen LogP contribution < -0.4 is 15.0 Å². The number of hydrogen-bond donors (Lipinski definition) is 1. The number of nitrogens with zero attached hydrogens (tertiary/aromatic N) is 2. The van der Waals surface area contributed by atoms with Crippen molar-refractivity contribution in [1.29, 1.82) is 0 Å². The first-order valence-corrected chi connectivity index (χ1v) is 10.2. The summed E-state index contributed by atoms with van der Waals surface area (Å²) in [6, 6.07) is 15.1. The fourth-order valence-electron chi connectivity index (χ4n) is 3.52. The summed E-state index contributed by atoms with van der Waals surface area (Å²) in [6.45, 7) is 2.41. The molecule has 1 heterocycles. The average molecular weight is 445 g/mol. The van der Waals surface area contributed by atoms with E-state index in [0.717, 1.165) is 22.1 Å². The van der Waals surface area contributed by atoms with E-state index >= 15 is 0 Å². The van der Waals surface area contributed by atoms with Gasteiger partial charge in [-0.15, -0.1) is 0 Å². The minimum atomic E-state index is -0.934. The van der Waals surface area contributed by atoms with Crippen molar-refractivity contribution in [2.45, 2.75) is 13.3 Å². The van der Waals surface area contributed by atoms with Crippen molar-refractivity contribution in [2.24, 2.45) is 0 Å². The molecular weight excluding hydrogens is 426 g/mol. The van der Waals surface area contributed by atoms with Gasteiger partial charge in [0.25, 0.3) is 17.5 Å². The van der Waals surface area contributed by atoms with E-state index in [0.29, 0.717) is 17.9 Å². The summed E-state index contributed by atoms with van der Waals surface area (Å²) in [7, 11) is 0. The van der Waals surface area contributed by atoms with Gasteiger partial charge < -0.3 is 4.74 Å². The molecular formula is C24H19N3O6. The van der Waals surface area contributed by atoms with Gasteiger partial charge in [-0.2, -0.15) is 0 Å². The van der Waals surface area contributed by atoms with E-state index in [9.17, 15) is 24.5 Å². The molecule has 33 heavy (non-hydrogen) atoms. The number of nitrogens with one attached hydrogen (secondary N) is 1. The molecule has 9 nitrogen and oxygen atoms in total. The number of benzene rings is 3. The highest BCUT2D eigenvalue weighted by molar-refractivity contribution is 6.39. The van der Waals surface area contributed by atoms with Gasteiger partial charge in [0.15, 0.2) is 0 Å². The third-order valence-electron chi connectivity index (χ3n) is 5.10. The second-order valence-corrected chi connectivity index (χ2v) is 7.28. The van der Waals surface area contributed by atoms with Gasteiger partial charge in [0.2, 0.25) is 0 Å². The smallest absolute Gasteiger partial charge is 0.335 e. The Labute approximate surface area is 188 Å². The van der Waals surface area contributed by atoms with Crippen molar-refractivity contribution in [2.75, 3.05) is 11.5 Å². The van der Waals surface area contributed by atoms with Crippen LogP contribution in [0.15, 0.2) is 66.2 Å². The Hall–Kier alpha value is -4.53. The first-order chi connectivity index (χ1) is 15.9. The number of carbonyl (C=O) groups excluding carboxylic acids is 3. The summed E-state index contributed by atoms with van der Waals surface area (Å²) in [5.74, 6) is -1.17. The van der Waals surface area contributed by atoms with Gasteiger partial charge in [0.1, 0.15) is 11.3 Å². The Balaban J connectivity index is 1.81. The van der Waals surface area contributed by atoms with Crippen LogP contribution in [0.5, 0.6) is 5.75 Å². The number of hydrogen-bond acceptors (Lipinski definition) is 6. The predicted molar refractivity (Wildman–Crippen MR) is 122 cm³/mol. The predicted octanol–water partition coefficient (Wildman–Crippen LogP) is 4.20. The number of amides is 4. The number of non-ortho nitro benzene ring substituents is 1. The molecule has 3 aromatic rings. The summed E-state index contributed by atoms with van der Waals surface area (Å²) in [5, 5.41) is 14.7. The molecule has 0 unspecified atom stereocenters. The van der Waals surface area contributed by atoms with Crippen LogP contribution in [0.25, 0.3) is 16.8 Å². The molecule has 1 saturated heterocycles. The number of ether oxygens (including phenoxy) is 1. The Morgan fingerprint density at radius 1 is 1.03 bits per heavy atom. The standard InChI is InChI=1S/C24H19N3O6/c1-2-13-33-21-12-7-15-5-3-4-6-18(15)19(21)14-20-22(28)25-24(30)26(23(20)29)16-8-10-17(11-9-16)27(31)32/h3-12,14H,2,13H2,1H3,(H,25,28,30)/b20-14+. The van der Waals surface area contributed by atoms with Crippen LogP contribution in [0.4, 0.5) is 16.2 Å². The maximum atomic E-state index is 13.2. The molecule has 0 aromatic heterocycles. The summed E-state index contributed by atoms with van der Waals surface area (Å²) < 4.78 is 5.84. The fraction of sp³-hybridized carbons (Fsp3) is 0.125. The SMILES string of the molecule is CCCOc1ccc2ccccc2c1/C=C1\C(=O)NC(=O)N(c2ccc([N+](=O)[O-])cc2)C1=O. The average Bonchev–Trinajstić information content (AvgIpc) is 2.81. The van der Waals surface area contributed by atoms with Crippen molar-refractivity contribution in [1.82, 2.24) is 5.32 Å². The molecule has 1 N–H and O–H groups in total. The molecule has 166 valence electrons. The van der Waals surface area contributed by atoms with Crippen molar-refractivity contribution < 1.29 is 24.0 Å². The molecule has 0 radical (unpaired) electrons. The van der Waals surface area contributed by atoms with Gasteiger partial charge >= 0.3 is 6.03 Å². The molecule has 1 aliphatic heterocycles. The molecule has 4 amide bonds. The van der Waals surface area contributed by atoms with Gasteiger partial charge in [-0.1, -0.05) is 37.3 Å². The topological polar surface area (TPSA) is 119 Å². The molecule has 0 saturated carbocycles. The number of urea groups is 1. The van der Waals surface area contributed by atoms with Gasteiger partial charge in [-0.3, -0.25) is 25.0 Å². The van der Waals surface area contributed by atoms with Crippen LogP contribution in [-0.2, 0) is 9.59 Å². The molecule has 3 aromatic carbocycles. The van der Waals surface area contributed by atoms with E-state index in [-0.39, 0.29) is 16.9 Å². The largest absolute Gasteiger partial charge is 0.493 e. The maximum Gasteiger partial charge on any atom is 0.335 e. The quantitative estimate of drug-likeness (QED) is 0.263. The van der Waals surface area contributed by atoms with Crippen molar-refractivity contribution in [3.05, 3.63) is 81.9 Å². The molecule has 0 atom stereocenters. The zero-order chi connectivity index (χ0) is 23.5. The lowest BCUT2D eigenvalue weighted by Crippen LogP contribution is -2.54. The lowest BCUT2D eigenvalue weighted by atomic mass is 9.99. The Morgan fingerprint density at radius 3 is 2.45 bits per heavy atom. The van der Waals surface area contributed by atoms with Crippen LogP contribution >= 0.6 is 0 Å². The second kappa shape index (κ2) is 8.91. The molecule has 0 spiro atoms. The van der Waals surface area contributed by atoms with Crippen LogP contribution in [0.1, 0.15) is 18.9 Å². The molecule has 9 heteroatoms. The van der Waals surface area contributed by atoms with Crippen molar-refractivity contribution in [3.63, 3.8) is 0 Å². The lowest BCUT2D eigenvalue weighted by molar-refractivity contribution is -0.384. The van der Waals surface area contributed by atoms with Gasteiger partial charge in [0, 0.05) is 17.7 Å². The van der Waals surface area contributed by atoms with E-state index in [1.54, 1.807) is 6.07 Å². The summed E-state index contributed by atoms with van der Waals surface area (Å²) in [4.78, 5) is 49.4. The fourth-order valence-corrected chi connectivity index (χ4v) is 3.52. The summed E-state index contributed by atoms with van der Waals surface area (Å²) >= 11 is 0. The van der Waals surface area contributed by atoms with E-state index in [2.05, 4.69) is 5.32 Å². The zero-order valence-corrected chi connectivity index (χ0v) is 17.6. The molecule has 0 bridgehead atoms. The minimum absolute atomic E-state index is 0.0990. The Morgan fingerprint density at radius 2 is 1.76 bits per heavy atom. The Kier molecular flexibility index (Phi) is 5.86. The number of nitro groups is 1. The number of carbonyl (C=O) groups is 3. The monoisotopic (exact) mass is 445 g/mol. The third kappa shape index (κ3) is 4.16. The van der Waals surface area contributed by atoms with Gasteiger partial charge in [0.05, 0.1) is 17.2 Å². The number of imide groups is 2.